The van der Waals surface area contributed by atoms with Gasteiger partial charge in [-0.05, 0) is 0 Å². The van der Waals surface area contributed by atoms with Crippen LogP contribution in [0.15, 0.2) is 0 Å². The van der Waals surface area contributed by atoms with E-state index < -0.39 is 7.37 Å². The van der Waals surface area contributed by atoms with Crippen LogP contribution in [-0.2, 0) is 4.57 Å². The molecule has 1 unspecified atom stereocenters. The molecule has 0 aliphatic heterocycles. The fourth-order valence-corrected chi connectivity index (χ4v) is 0. The molecule has 1 atom stereocenters. The summed E-state index contributed by atoms with van der Waals surface area (Å²) >= 11 is 0. The summed E-state index contributed by atoms with van der Waals surface area (Å²) < 4.78 is 23.0. The van der Waals surface area contributed by atoms with Gasteiger partial charge in [0.2, 0.25) is 1.43 Å². The van der Waals surface area contributed by atoms with Gasteiger partial charge in [-0.2, -0.15) is 0 Å². The molecule has 0 aromatic carbocycles. The lowest BCUT2D eigenvalue weighted by molar-refractivity contribution is 0.492. The maximum Gasteiger partial charge on any atom is 0.219 e. The van der Waals surface area contributed by atoms with Gasteiger partial charge in [0.1, 0.15) is 0 Å². The fraction of sp³-hybridized carbons (Fsp3) is 1.00. The van der Waals surface area contributed by atoms with E-state index in [1.54, 1.807) is 0 Å². The highest BCUT2D eigenvalue weighted by Crippen LogP contribution is 2.27. The van der Waals surface area contributed by atoms with Crippen molar-refractivity contribution in [3.05, 3.63) is 0 Å². The van der Waals surface area contributed by atoms with Gasteiger partial charge in [0.25, 0.3) is 0 Å². The zero-order chi connectivity index (χ0) is 5.91. The molecule has 0 bridgehead atoms. The minimum absolute atomic E-state index is 0.309. The largest absolute Gasteiger partial charge is 0.345 e. The topological polar surface area (TPSA) is 37.3 Å². The Kier molecular flexibility index (Phi) is 0.529. The molecule has 0 aliphatic carbocycles. The SMILES string of the molecule is [2H]CP(C)(=O)O[3H]. The van der Waals surface area contributed by atoms with Crippen molar-refractivity contribution in [1.29, 1.82) is 1.43 Å². The molecule has 2 nitrogen and oxygen atoms in total. The normalized spacial score (nSPS) is 26.6. The number of hydrogen-bond acceptors (Lipinski definition) is 2. The average Bonchev–Trinajstić information content (AvgIpc) is 1.68. The summed E-state index contributed by atoms with van der Waals surface area (Å²) in [5.74, 6) is 0. The Labute approximate surface area is 34.2 Å². The van der Waals surface area contributed by atoms with Crippen LogP contribution in [0.25, 0.3) is 0 Å². The highest BCUT2D eigenvalue weighted by atomic mass is 31.2. The van der Waals surface area contributed by atoms with Crippen molar-refractivity contribution in [2.24, 2.45) is 0 Å². The van der Waals surface area contributed by atoms with Gasteiger partial charge >= 0.3 is 0 Å². The summed E-state index contributed by atoms with van der Waals surface area (Å²) in [6, 6.07) is 0. The van der Waals surface area contributed by atoms with Crippen LogP contribution in [0, 0.1) is 0 Å². The second-order valence-corrected chi connectivity index (χ2v) is 3.04. The predicted octanol–water partition coefficient (Wildman–Crippen LogP) is 0.516. The standard InChI is InChI=1S/C2H7O2P/c1-5(2,3)4/h1-2H3,(H,3,4)/i1D/hT. The van der Waals surface area contributed by atoms with E-state index in [0.717, 1.165) is 0 Å². The van der Waals surface area contributed by atoms with Crippen LogP contribution >= 0.6 is 7.37 Å². The van der Waals surface area contributed by atoms with E-state index in [0.29, 0.717) is 0 Å². The van der Waals surface area contributed by atoms with Gasteiger partial charge in [-0.15, -0.1) is 0 Å². The van der Waals surface area contributed by atoms with Crippen molar-refractivity contribution >= 4 is 7.37 Å². The minimum atomic E-state index is -2.82. The maximum atomic E-state index is 10.4. The highest BCUT2D eigenvalue weighted by Gasteiger charge is 1.92. The Balaban J connectivity index is 3.61. The first-order valence-corrected chi connectivity index (χ1v) is 3.39. The average molecular weight is 97.1 g/mol. The first-order chi connectivity index (χ1) is 3.12. The quantitative estimate of drug-likeness (QED) is 0.484. The molecule has 32 valence electrons. The first kappa shape index (κ1) is 2.38. The molecule has 0 rings (SSSR count). The molecular weight excluding hydrogens is 87.0 g/mol. The Morgan fingerprint density at radius 2 is 3.20 bits per heavy atom. The third kappa shape index (κ3) is 557. The van der Waals surface area contributed by atoms with Gasteiger partial charge in [-0.1, -0.05) is 0 Å². The van der Waals surface area contributed by atoms with Crippen molar-refractivity contribution in [2.45, 2.75) is 0 Å². The van der Waals surface area contributed by atoms with E-state index in [1.807, 2.05) is 0 Å². The van der Waals surface area contributed by atoms with Gasteiger partial charge in [0.15, 0.2) is 7.37 Å². The second kappa shape index (κ2) is 1.11. The van der Waals surface area contributed by atoms with E-state index in [1.165, 1.54) is 6.66 Å². The van der Waals surface area contributed by atoms with Crippen LogP contribution in [0.4, 0.5) is 0 Å². The number of hydrogen-bond donors (Lipinski definition) is 1. The Morgan fingerprint density at radius 1 is 2.60 bits per heavy atom. The molecule has 0 radical (unpaired) electrons. The van der Waals surface area contributed by atoms with Gasteiger partial charge in [-0.25, -0.2) is 0 Å². The highest BCUT2D eigenvalue weighted by molar-refractivity contribution is 7.56. The van der Waals surface area contributed by atoms with Gasteiger partial charge in [0, 0.05) is 14.7 Å². The Hall–Kier alpha value is 0.190. The van der Waals surface area contributed by atoms with Crippen LogP contribution in [0.2, 0.25) is 0 Å². The summed E-state index contributed by atoms with van der Waals surface area (Å²) in [6.45, 7) is 0.948. The summed E-state index contributed by atoms with van der Waals surface area (Å²) in [5, 5.41) is 0. The molecule has 0 amide bonds. The third-order valence-corrected chi connectivity index (χ3v) is 0. The molecule has 3 heteroatoms. The Morgan fingerprint density at radius 3 is 3.20 bits per heavy atom. The van der Waals surface area contributed by atoms with Gasteiger partial charge in [0.05, 0.1) is 0 Å². The fourth-order valence-electron chi connectivity index (χ4n) is 0. The molecule has 0 saturated heterocycles. The second-order valence-electron chi connectivity index (χ2n) is 1.01. The van der Waals surface area contributed by atoms with E-state index in [9.17, 15) is 4.57 Å². The van der Waals surface area contributed by atoms with Crippen molar-refractivity contribution < 1.29 is 10.8 Å². The van der Waals surface area contributed by atoms with E-state index in [-0.39, 0.29) is 6.64 Å². The molecule has 0 aromatic rings. The summed E-state index contributed by atoms with van der Waals surface area (Å²) in [5.41, 5.74) is 0. The lowest BCUT2D eigenvalue weighted by atomic mass is 11.9. The van der Waals surface area contributed by atoms with Crippen molar-refractivity contribution in [3.63, 3.8) is 0 Å². The molecule has 0 saturated carbocycles. The van der Waals surface area contributed by atoms with E-state index in [2.05, 4.69) is 4.90 Å². The molecule has 0 heterocycles. The monoisotopic (exact) mass is 97.0 g/mol. The lowest BCUT2D eigenvalue weighted by Gasteiger charge is -1.86. The van der Waals surface area contributed by atoms with Crippen LogP contribution in [0.1, 0.15) is 1.37 Å². The van der Waals surface area contributed by atoms with Crippen molar-refractivity contribution in [2.75, 3.05) is 13.3 Å². The van der Waals surface area contributed by atoms with Crippen molar-refractivity contribution in [3.8, 4) is 0 Å². The molecule has 0 fully saturated rings. The maximum absolute atomic E-state index is 10.4. The van der Waals surface area contributed by atoms with Crippen LogP contribution in [0.5, 0.6) is 0 Å². The van der Waals surface area contributed by atoms with Crippen LogP contribution in [0.3, 0.4) is 0 Å². The van der Waals surface area contributed by atoms with E-state index in [4.69, 9.17) is 2.80 Å². The smallest absolute Gasteiger partial charge is 0.219 e. The van der Waals surface area contributed by atoms with E-state index >= 15 is 0 Å². The van der Waals surface area contributed by atoms with Gasteiger partial charge in [-0.3, -0.25) is 4.57 Å². The van der Waals surface area contributed by atoms with Gasteiger partial charge < -0.3 is 4.90 Å². The Bertz CT molecular complexity index is 85.7. The summed E-state index contributed by atoms with van der Waals surface area (Å²) in [4.78, 5) is 3.70. The summed E-state index contributed by atoms with van der Waals surface area (Å²) in [7, 11) is -2.82. The number of rotatable bonds is 1. The molecule has 1 N–H and O–H groups in total. The molecule has 0 aliphatic rings. The predicted molar refractivity (Wildman–Crippen MR) is 21.7 cm³/mol. The van der Waals surface area contributed by atoms with Crippen LogP contribution < -0.4 is 0 Å². The molecule has 0 spiro atoms. The third-order valence-electron chi connectivity index (χ3n) is 0. The molecule has 5 heavy (non-hydrogen) atoms. The lowest BCUT2D eigenvalue weighted by Crippen LogP contribution is -1.62. The summed E-state index contributed by atoms with van der Waals surface area (Å²) in [6.07, 6.45) is 0. The van der Waals surface area contributed by atoms with Crippen molar-refractivity contribution in [1.82, 2.24) is 0 Å². The first-order valence-electron chi connectivity index (χ1n) is 2.24. The van der Waals surface area contributed by atoms with Crippen LogP contribution in [-0.4, -0.2) is 19.6 Å². The minimum Gasteiger partial charge on any atom is -0.345 e. The zero-order valence-electron chi connectivity index (χ0n) is 4.97. The molecule has 0 aromatic heterocycles. The zero-order valence-corrected chi connectivity index (χ0v) is 3.87. The molecular formula is C2H7O2P.